The van der Waals surface area contributed by atoms with Gasteiger partial charge in [-0.25, -0.2) is 0 Å². The summed E-state index contributed by atoms with van der Waals surface area (Å²) >= 11 is 0. The minimum Gasteiger partial charge on any atom is -0.876 e. The predicted molar refractivity (Wildman–Crippen MR) is 65.0 cm³/mol. The first kappa shape index (κ1) is 18.2. The van der Waals surface area contributed by atoms with Gasteiger partial charge in [0, 0.05) is 12.3 Å². The third-order valence-electron chi connectivity index (χ3n) is 2.55. The summed E-state index contributed by atoms with van der Waals surface area (Å²) < 4.78 is 0. The first-order valence-electron chi connectivity index (χ1n) is 5.96. The Morgan fingerprint density at radius 1 is 1.31 bits per heavy atom. The molecule has 3 heteroatoms. The summed E-state index contributed by atoms with van der Waals surface area (Å²) in [5, 5.41) is 10.8. The molecule has 2 nitrogen and oxygen atoms in total. The molecule has 0 saturated carbocycles. The van der Waals surface area contributed by atoms with Crippen molar-refractivity contribution in [3.05, 3.63) is 11.8 Å². The van der Waals surface area contributed by atoms with Crippen LogP contribution >= 0.6 is 0 Å². The number of hydrogen-bond donors (Lipinski definition) is 0. The third kappa shape index (κ3) is 10.3. The van der Waals surface area contributed by atoms with Crippen molar-refractivity contribution in [2.45, 2.75) is 53.4 Å². The molecule has 0 bridgehead atoms. The van der Waals surface area contributed by atoms with Gasteiger partial charge in [0.25, 0.3) is 0 Å². The van der Waals surface area contributed by atoms with Crippen LogP contribution in [0.4, 0.5) is 0 Å². The van der Waals surface area contributed by atoms with Crippen LogP contribution in [-0.2, 0) is 0 Å². The summed E-state index contributed by atoms with van der Waals surface area (Å²) in [6.45, 7) is 8.75. The predicted octanol–water partition coefficient (Wildman–Crippen LogP) is -0.0682. The average Bonchev–Trinajstić information content (AvgIpc) is 2.17. The van der Waals surface area contributed by atoms with Crippen molar-refractivity contribution in [1.82, 2.24) is 0 Å². The van der Waals surface area contributed by atoms with Crippen LogP contribution < -0.4 is 24.0 Å². The van der Waals surface area contributed by atoms with Crippen molar-refractivity contribution in [1.29, 1.82) is 0 Å². The van der Waals surface area contributed by atoms with E-state index in [4.69, 9.17) is 0 Å². The molecule has 0 fully saturated rings. The van der Waals surface area contributed by atoms with Crippen LogP contribution in [-0.4, -0.2) is 12.3 Å². The summed E-state index contributed by atoms with van der Waals surface area (Å²) in [5.41, 5.74) is 0.859. The van der Waals surface area contributed by atoms with Crippen molar-refractivity contribution in [3.8, 4) is 0 Å². The molecule has 0 spiro atoms. The Kier molecular flexibility index (Phi) is 12.8. The van der Waals surface area contributed by atoms with E-state index in [2.05, 4.69) is 18.8 Å². The van der Waals surface area contributed by atoms with Gasteiger partial charge in [0.1, 0.15) is 0 Å². The van der Waals surface area contributed by atoms with E-state index in [0.717, 1.165) is 12.3 Å². The first-order chi connectivity index (χ1) is 7.10. The van der Waals surface area contributed by atoms with Crippen molar-refractivity contribution >= 4 is 5.71 Å². The van der Waals surface area contributed by atoms with E-state index in [9.17, 15) is 5.11 Å². The van der Waals surface area contributed by atoms with E-state index in [1.54, 1.807) is 13.0 Å². The summed E-state index contributed by atoms with van der Waals surface area (Å²) in [4.78, 5) is 4.43. The topological polar surface area (TPSA) is 35.4 Å². The SMILES string of the molecule is CCCCC(CC)CN=C(C)C=C(C)[O-].[Li+]. The summed E-state index contributed by atoms with van der Waals surface area (Å²) in [6.07, 6.45) is 6.56. The van der Waals surface area contributed by atoms with E-state index in [1.807, 2.05) is 6.92 Å². The zero-order valence-electron chi connectivity index (χ0n) is 11.5. The molecule has 0 aliphatic heterocycles. The Morgan fingerprint density at radius 3 is 2.38 bits per heavy atom. The third-order valence-corrected chi connectivity index (χ3v) is 2.55. The zero-order chi connectivity index (χ0) is 11.7. The van der Waals surface area contributed by atoms with Crippen LogP contribution in [0.25, 0.3) is 0 Å². The van der Waals surface area contributed by atoms with Crippen molar-refractivity contribution in [2.24, 2.45) is 10.9 Å². The molecule has 88 valence electrons. The van der Waals surface area contributed by atoms with Crippen LogP contribution in [0.2, 0.25) is 0 Å². The van der Waals surface area contributed by atoms with Gasteiger partial charge in [0.15, 0.2) is 0 Å². The monoisotopic (exact) mass is 217 g/mol. The average molecular weight is 217 g/mol. The molecule has 0 radical (unpaired) electrons. The molecule has 0 aliphatic rings. The number of nitrogens with zero attached hydrogens (tertiary/aromatic N) is 1. The van der Waals surface area contributed by atoms with Crippen LogP contribution in [0.1, 0.15) is 53.4 Å². The van der Waals surface area contributed by atoms with E-state index in [-0.39, 0.29) is 24.6 Å². The fraction of sp³-hybridized carbons (Fsp3) is 0.769. The molecular weight excluding hydrogens is 193 g/mol. The van der Waals surface area contributed by atoms with Gasteiger partial charge in [-0.15, -0.1) is 5.76 Å². The largest absolute Gasteiger partial charge is 1.00 e. The van der Waals surface area contributed by atoms with E-state index >= 15 is 0 Å². The molecule has 0 rings (SSSR count). The van der Waals surface area contributed by atoms with Gasteiger partial charge in [0.05, 0.1) is 0 Å². The Bertz CT molecular complexity index is 220. The summed E-state index contributed by atoms with van der Waals surface area (Å²) in [7, 11) is 0. The van der Waals surface area contributed by atoms with Gasteiger partial charge in [-0.2, -0.15) is 0 Å². The Morgan fingerprint density at radius 2 is 1.94 bits per heavy atom. The van der Waals surface area contributed by atoms with Gasteiger partial charge in [-0.3, -0.25) is 4.99 Å². The minimum atomic E-state index is 0. The van der Waals surface area contributed by atoms with Crippen LogP contribution in [0, 0.1) is 5.92 Å². The first-order valence-corrected chi connectivity index (χ1v) is 5.96. The standard InChI is InChI=1S/C13H25NO.Li/c1-5-7-8-13(6-2)10-14-11(3)9-12(4)15;/h9,13,15H,5-8,10H2,1-4H3;/q;+1/p-1. The molecule has 0 amide bonds. The van der Waals surface area contributed by atoms with E-state index < -0.39 is 0 Å². The Hall–Kier alpha value is -0.193. The smallest absolute Gasteiger partial charge is 0.876 e. The number of hydrogen-bond acceptors (Lipinski definition) is 2. The van der Waals surface area contributed by atoms with Gasteiger partial charge < -0.3 is 5.11 Å². The second-order valence-corrected chi connectivity index (χ2v) is 4.15. The molecule has 0 N–H and O–H groups in total. The number of rotatable bonds is 7. The van der Waals surface area contributed by atoms with E-state index in [0.29, 0.717) is 5.92 Å². The van der Waals surface area contributed by atoms with E-state index in [1.165, 1.54) is 25.7 Å². The minimum absolute atomic E-state index is 0. The maximum Gasteiger partial charge on any atom is 1.00 e. The maximum absolute atomic E-state index is 10.8. The van der Waals surface area contributed by atoms with Crippen LogP contribution in [0.5, 0.6) is 0 Å². The molecule has 0 aromatic heterocycles. The molecular formula is C13H24LiNO. The second-order valence-electron chi connectivity index (χ2n) is 4.15. The van der Waals surface area contributed by atoms with Crippen LogP contribution in [0.3, 0.4) is 0 Å². The molecule has 1 unspecified atom stereocenters. The molecule has 0 heterocycles. The Balaban J connectivity index is 0. The maximum atomic E-state index is 10.8. The Labute approximate surface area is 112 Å². The van der Waals surface area contributed by atoms with Crippen molar-refractivity contribution < 1.29 is 24.0 Å². The quantitative estimate of drug-likeness (QED) is 0.334. The van der Waals surface area contributed by atoms with Crippen LogP contribution in [0.15, 0.2) is 16.8 Å². The van der Waals surface area contributed by atoms with Gasteiger partial charge in [0.2, 0.25) is 0 Å². The number of aliphatic imine (C=N–C) groups is 1. The molecule has 16 heavy (non-hydrogen) atoms. The molecule has 1 atom stereocenters. The fourth-order valence-electron chi connectivity index (χ4n) is 1.53. The number of unbranched alkanes of at least 4 members (excludes halogenated alkanes) is 1. The molecule has 0 aromatic carbocycles. The van der Waals surface area contributed by atoms with Gasteiger partial charge in [-0.1, -0.05) is 46.1 Å². The van der Waals surface area contributed by atoms with Crippen molar-refractivity contribution in [2.75, 3.05) is 6.54 Å². The summed E-state index contributed by atoms with van der Waals surface area (Å²) in [5.74, 6) is 0.762. The van der Waals surface area contributed by atoms with Gasteiger partial charge in [-0.05, 0) is 19.3 Å². The molecule has 0 saturated heterocycles. The van der Waals surface area contributed by atoms with Crippen molar-refractivity contribution in [3.63, 3.8) is 0 Å². The van der Waals surface area contributed by atoms with Gasteiger partial charge >= 0.3 is 18.9 Å². The number of allylic oxidation sites excluding steroid dienone is 2. The molecule has 0 aliphatic carbocycles. The summed E-state index contributed by atoms with van der Waals surface area (Å²) in [6, 6.07) is 0. The second kappa shape index (κ2) is 11.3. The molecule has 0 aromatic rings. The zero-order valence-corrected chi connectivity index (χ0v) is 11.5. The fourth-order valence-corrected chi connectivity index (χ4v) is 1.53. The normalized spacial score (nSPS) is 14.5.